The standard InChI is InChI=1S/C30H33N5O4/c1-4-38-24-14-9-11-22(19-24)28-26-15-10-18-33(26)29-25(21(3)32-35(29)23-12-7-6-8-13-23)20-34(28)30(37)31-17-16-27(36)39-5-2/h6-15,18-19,28H,4-5,16-17,20H2,1-3H3,(H,31,37)/t28-/m0/s1. The van der Waals surface area contributed by atoms with Gasteiger partial charge in [0.1, 0.15) is 11.6 Å². The minimum atomic E-state index is -0.418. The zero-order chi connectivity index (χ0) is 27.4. The summed E-state index contributed by atoms with van der Waals surface area (Å²) in [6.45, 7) is 7.03. The SMILES string of the molecule is CCOC(=O)CCNC(=O)N1Cc2c(C)nn(-c3ccccc3)c2-n2cccc2[C@@H]1c1cccc(OCC)c1. The van der Waals surface area contributed by atoms with E-state index in [0.29, 0.717) is 19.8 Å². The van der Waals surface area contributed by atoms with Gasteiger partial charge >= 0.3 is 12.0 Å². The first-order valence-electron chi connectivity index (χ1n) is 13.3. The maximum atomic E-state index is 13.8. The molecule has 202 valence electrons. The number of aryl methyl sites for hydroxylation is 1. The molecule has 2 aromatic carbocycles. The van der Waals surface area contributed by atoms with Crippen LogP contribution in [0.25, 0.3) is 11.5 Å². The Kier molecular flexibility index (Phi) is 7.67. The van der Waals surface area contributed by atoms with Crippen LogP contribution in [0.2, 0.25) is 0 Å². The van der Waals surface area contributed by atoms with Gasteiger partial charge in [0.15, 0.2) is 0 Å². The second-order valence-electron chi connectivity index (χ2n) is 9.26. The molecule has 2 amide bonds. The summed E-state index contributed by atoms with van der Waals surface area (Å²) in [6.07, 6.45) is 2.11. The molecule has 0 radical (unpaired) electrons. The van der Waals surface area contributed by atoms with Crippen molar-refractivity contribution in [2.24, 2.45) is 0 Å². The molecule has 0 aliphatic carbocycles. The van der Waals surface area contributed by atoms with Crippen LogP contribution < -0.4 is 10.1 Å². The predicted octanol–water partition coefficient (Wildman–Crippen LogP) is 4.94. The van der Waals surface area contributed by atoms with E-state index in [9.17, 15) is 9.59 Å². The second kappa shape index (κ2) is 11.5. The fraction of sp³-hybridized carbons (Fsp3) is 0.300. The first-order chi connectivity index (χ1) is 19.0. The Balaban J connectivity index is 1.61. The number of nitrogens with one attached hydrogen (secondary N) is 1. The normalized spacial score (nSPS) is 14.2. The molecule has 5 rings (SSSR count). The number of para-hydroxylation sites is 1. The highest BCUT2D eigenvalue weighted by molar-refractivity contribution is 5.77. The summed E-state index contributed by atoms with van der Waals surface area (Å²) in [5, 5.41) is 7.81. The number of hydrogen-bond acceptors (Lipinski definition) is 5. The molecule has 1 atom stereocenters. The molecule has 0 saturated heterocycles. The summed E-state index contributed by atoms with van der Waals surface area (Å²) in [7, 11) is 0. The number of benzene rings is 2. The molecule has 0 spiro atoms. The lowest BCUT2D eigenvalue weighted by molar-refractivity contribution is -0.142. The van der Waals surface area contributed by atoms with Crippen molar-refractivity contribution in [3.05, 3.63) is 95.4 Å². The highest BCUT2D eigenvalue weighted by Gasteiger charge is 2.36. The number of carbonyl (C=O) groups excluding carboxylic acids is 2. The quantitative estimate of drug-likeness (QED) is 0.328. The monoisotopic (exact) mass is 527 g/mol. The molecule has 9 nitrogen and oxygen atoms in total. The summed E-state index contributed by atoms with van der Waals surface area (Å²) in [6, 6.07) is 21.1. The lowest BCUT2D eigenvalue weighted by atomic mass is 10.0. The first kappa shape index (κ1) is 26.1. The van der Waals surface area contributed by atoms with E-state index in [2.05, 4.69) is 9.88 Å². The average Bonchev–Trinajstić information content (AvgIpc) is 3.50. The smallest absolute Gasteiger partial charge is 0.318 e. The predicted molar refractivity (Wildman–Crippen MR) is 147 cm³/mol. The molecule has 1 N–H and O–H groups in total. The summed E-state index contributed by atoms with van der Waals surface area (Å²) in [5.41, 5.74) is 4.55. The highest BCUT2D eigenvalue weighted by atomic mass is 16.5. The molecule has 0 fully saturated rings. The van der Waals surface area contributed by atoms with Gasteiger partial charge in [-0.1, -0.05) is 30.3 Å². The van der Waals surface area contributed by atoms with Gasteiger partial charge < -0.3 is 24.3 Å². The minimum Gasteiger partial charge on any atom is -0.494 e. The van der Waals surface area contributed by atoms with Crippen molar-refractivity contribution in [1.82, 2.24) is 24.6 Å². The van der Waals surface area contributed by atoms with Gasteiger partial charge in [0.2, 0.25) is 0 Å². The Hall–Kier alpha value is -4.53. The van der Waals surface area contributed by atoms with E-state index in [1.165, 1.54) is 0 Å². The van der Waals surface area contributed by atoms with Crippen LogP contribution in [-0.4, -0.2) is 51.0 Å². The van der Waals surface area contributed by atoms with Crippen LogP contribution in [0.3, 0.4) is 0 Å². The summed E-state index contributed by atoms with van der Waals surface area (Å²) >= 11 is 0. The van der Waals surface area contributed by atoms with Crippen molar-refractivity contribution in [3.8, 4) is 17.3 Å². The summed E-state index contributed by atoms with van der Waals surface area (Å²) < 4.78 is 14.9. The van der Waals surface area contributed by atoms with E-state index >= 15 is 0 Å². The van der Waals surface area contributed by atoms with E-state index in [0.717, 1.165) is 39.8 Å². The van der Waals surface area contributed by atoms with E-state index in [4.69, 9.17) is 14.6 Å². The van der Waals surface area contributed by atoms with Gasteiger partial charge in [-0.25, -0.2) is 9.48 Å². The first-order valence-corrected chi connectivity index (χ1v) is 13.3. The number of urea groups is 1. The van der Waals surface area contributed by atoms with Crippen LogP contribution in [0.4, 0.5) is 4.79 Å². The van der Waals surface area contributed by atoms with Crippen LogP contribution in [0, 0.1) is 6.92 Å². The van der Waals surface area contributed by atoms with E-state index in [1.807, 2.05) is 91.5 Å². The number of nitrogens with zero attached hydrogens (tertiary/aromatic N) is 4. The fourth-order valence-electron chi connectivity index (χ4n) is 5.05. The third kappa shape index (κ3) is 5.25. The van der Waals surface area contributed by atoms with Crippen LogP contribution >= 0.6 is 0 Å². The molecule has 4 aromatic rings. The maximum absolute atomic E-state index is 13.8. The maximum Gasteiger partial charge on any atom is 0.318 e. The van der Waals surface area contributed by atoms with Crippen molar-refractivity contribution in [3.63, 3.8) is 0 Å². The Morgan fingerprint density at radius 1 is 1.03 bits per heavy atom. The molecule has 9 heteroatoms. The second-order valence-corrected chi connectivity index (χ2v) is 9.26. The van der Waals surface area contributed by atoms with Crippen LogP contribution in [0.15, 0.2) is 72.9 Å². The molecule has 0 saturated carbocycles. The van der Waals surface area contributed by atoms with Crippen molar-refractivity contribution >= 4 is 12.0 Å². The lowest BCUT2D eigenvalue weighted by Crippen LogP contribution is -2.42. The number of esters is 1. The summed E-state index contributed by atoms with van der Waals surface area (Å²) in [5.74, 6) is 1.29. The third-order valence-corrected chi connectivity index (χ3v) is 6.74. The molecule has 1 aliphatic heterocycles. The van der Waals surface area contributed by atoms with Gasteiger partial charge in [0.25, 0.3) is 0 Å². The van der Waals surface area contributed by atoms with E-state index in [-0.39, 0.29) is 25.0 Å². The van der Waals surface area contributed by atoms with Crippen molar-refractivity contribution in [1.29, 1.82) is 0 Å². The fourth-order valence-corrected chi connectivity index (χ4v) is 5.05. The topological polar surface area (TPSA) is 90.6 Å². The van der Waals surface area contributed by atoms with Gasteiger partial charge in [-0.05, 0) is 62.7 Å². The number of fused-ring (bicyclic) bond motifs is 3. The molecule has 0 bridgehead atoms. The lowest BCUT2D eigenvalue weighted by Gasteiger charge is -2.31. The Morgan fingerprint density at radius 3 is 2.62 bits per heavy atom. The van der Waals surface area contributed by atoms with E-state index in [1.54, 1.807) is 11.8 Å². The molecule has 0 unspecified atom stereocenters. The number of rotatable bonds is 8. The molecular weight excluding hydrogens is 494 g/mol. The average molecular weight is 528 g/mol. The number of carbonyl (C=O) groups is 2. The Morgan fingerprint density at radius 2 is 1.85 bits per heavy atom. The van der Waals surface area contributed by atoms with Gasteiger partial charge in [0.05, 0.1) is 49.3 Å². The number of amides is 2. The largest absolute Gasteiger partial charge is 0.494 e. The van der Waals surface area contributed by atoms with Gasteiger partial charge in [-0.15, -0.1) is 0 Å². The van der Waals surface area contributed by atoms with Crippen LogP contribution in [0.1, 0.15) is 48.8 Å². The van der Waals surface area contributed by atoms with Gasteiger partial charge in [-0.2, -0.15) is 5.10 Å². The highest BCUT2D eigenvalue weighted by Crippen LogP contribution is 2.39. The Labute approximate surface area is 227 Å². The number of aromatic nitrogens is 3. The number of ether oxygens (including phenoxy) is 2. The third-order valence-electron chi connectivity index (χ3n) is 6.74. The Bertz CT molecular complexity index is 1460. The molecule has 3 heterocycles. The zero-order valence-electron chi connectivity index (χ0n) is 22.5. The zero-order valence-corrected chi connectivity index (χ0v) is 22.5. The van der Waals surface area contributed by atoms with Gasteiger partial charge in [0, 0.05) is 18.3 Å². The molecule has 39 heavy (non-hydrogen) atoms. The molecule has 1 aliphatic rings. The van der Waals surface area contributed by atoms with Crippen LogP contribution in [0.5, 0.6) is 5.75 Å². The molecular formula is C30H33N5O4. The summed E-state index contributed by atoms with van der Waals surface area (Å²) in [4.78, 5) is 27.5. The van der Waals surface area contributed by atoms with Crippen LogP contribution in [-0.2, 0) is 16.1 Å². The number of hydrogen-bond donors (Lipinski definition) is 1. The van der Waals surface area contributed by atoms with E-state index < -0.39 is 6.04 Å². The van der Waals surface area contributed by atoms with Gasteiger partial charge in [-0.3, -0.25) is 4.79 Å². The minimum absolute atomic E-state index is 0.102. The van der Waals surface area contributed by atoms with Crippen molar-refractivity contribution < 1.29 is 19.1 Å². The molecule has 2 aromatic heterocycles. The van der Waals surface area contributed by atoms with Crippen molar-refractivity contribution in [2.75, 3.05) is 19.8 Å². The van der Waals surface area contributed by atoms with Crippen molar-refractivity contribution in [2.45, 2.75) is 39.8 Å².